The molecule has 0 aliphatic heterocycles. The lowest BCUT2D eigenvalue weighted by Gasteiger charge is -2.28. The minimum atomic E-state index is -0.115. The van der Waals surface area contributed by atoms with Crippen LogP contribution in [0.1, 0.15) is 25.0 Å². The molecule has 0 radical (unpaired) electrons. The molecule has 0 saturated heterocycles. The molecule has 12 aromatic rings. The first-order valence-electron chi connectivity index (χ1n) is 22.8. The highest BCUT2D eigenvalue weighted by Crippen LogP contribution is 2.51. The summed E-state index contributed by atoms with van der Waals surface area (Å²) >= 11 is 1.86. The van der Waals surface area contributed by atoms with Gasteiger partial charge in [-0.1, -0.05) is 153 Å². The van der Waals surface area contributed by atoms with Crippen LogP contribution in [0.3, 0.4) is 0 Å². The highest BCUT2D eigenvalue weighted by molar-refractivity contribution is 7.25. The number of fused-ring (bicyclic) bond motifs is 9. The predicted molar refractivity (Wildman–Crippen MR) is 282 cm³/mol. The average molecular weight is 861 g/mol. The Kier molecular flexibility index (Phi) is 8.78. The Labute approximate surface area is 388 Å². The van der Waals surface area contributed by atoms with Gasteiger partial charge in [-0.05, 0) is 147 Å². The standard InChI is InChI=1S/C63H44N2S/c1-63(2)57-19-11-9-17-51(57)52-33-32-50(40-58(52)63)64(49-30-23-43(24-31-49)46-27-36-62-56(39-46)53-18-10-12-20-61(53)66-62)48-28-21-42(22-29-48)45-26-35-60-55(38-45)54-37-44(41-13-5-3-6-14-41)25-34-59(54)65(60)47-15-7-4-8-16-47/h3-40H,1-2H3. The van der Waals surface area contributed by atoms with Crippen LogP contribution < -0.4 is 4.90 Å². The summed E-state index contributed by atoms with van der Waals surface area (Å²) in [5, 5.41) is 5.12. The first kappa shape index (κ1) is 38.5. The Morgan fingerprint density at radius 3 is 1.50 bits per heavy atom. The Bertz CT molecular complexity index is 3820. The van der Waals surface area contributed by atoms with E-state index in [1.165, 1.54) is 97.6 Å². The molecule has 3 heteroatoms. The van der Waals surface area contributed by atoms with Crippen LogP contribution in [0.2, 0.25) is 0 Å². The zero-order valence-corrected chi connectivity index (χ0v) is 37.6. The molecule has 0 atom stereocenters. The lowest BCUT2D eigenvalue weighted by Crippen LogP contribution is -2.16. The summed E-state index contributed by atoms with van der Waals surface area (Å²) in [4.78, 5) is 2.42. The Hall–Kier alpha value is -7.98. The molecule has 0 N–H and O–H groups in total. The second-order valence-corrected chi connectivity index (χ2v) is 19.2. The zero-order chi connectivity index (χ0) is 43.9. The van der Waals surface area contributed by atoms with Gasteiger partial charge in [-0.2, -0.15) is 0 Å². The summed E-state index contributed by atoms with van der Waals surface area (Å²) in [6.07, 6.45) is 0. The maximum atomic E-state index is 2.42. The highest BCUT2D eigenvalue weighted by Gasteiger charge is 2.35. The second-order valence-electron chi connectivity index (χ2n) is 18.1. The molecule has 0 amide bonds. The van der Waals surface area contributed by atoms with Crippen molar-refractivity contribution in [2.24, 2.45) is 0 Å². The third-order valence-electron chi connectivity index (χ3n) is 14.0. The van der Waals surface area contributed by atoms with Crippen molar-refractivity contribution in [2.75, 3.05) is 4.90 Å². The lowest BCUT2D eigenvalue weighted by molar-refractivity contribution is 0.660. The maximum Gasteiger partial charge on any atom is 0.0541 e. The van der Waals surface area contributed by atoms with Crippen molar-refractivity contribution in [1.29, 1.82) is 0 Å². The summed E-state index contributed by atoms with van der Waals surface area (Å²) in [5.74, 6) is 0. The van der Waals surface area contributed by atoms with Crippen molar-refractivity contribution in [3.05, 3.63) is 242 Å². The van der Waals surface area contributed by atoms with Crippen molar-refractivity contribution in [2.45, 2.75) is 19.3 Å². The van der Waals surface area contributed by atoms with Crippen molar-refractivity contribution < 1.29 is 0 Å². The number of hydrogen-bond donors (Lipinski definition) is 0. The predicted octanol–water partition coefficient (Wildman–Crippen LogP) is 17.9. The van der Waals surface area contributed by atoms with E-state index in [1.54, 1.807) is 0 Å². The first-order valence-corrected chi connectivity index (χ1v) is 23.6. The highest BCUT2D eigenvalue weighted by atomic mass is 32.1. The summed E-state index contributed by atoms with van der Waals surface area (Å²) in [6, 6.07) is 85.1. The topological polar surface area (TPSA) is 8.17 Å². The number of rotatable bonds is 7. The molecule has 0 fully saturated rings. The van der Waals surface area contributed by atoms with Crippen LogP contribution in [-0.2, 0) is 5.41 Å². The summed E-state index contributed by atoms with van der Waals surface area (Å²) < 4.78 is 5.05. The van der Waals surface area contributed by atoms with E-state index in [9.17, 15) is 0 Å². The van der Waals surface area contributed by atoms with E-state index in [0.29, 0.717) is 0 Å². The number of para-hydroxylation sites is 1. The Morgan fingerprint density at radius 1 is 0.348 bits per heavy atom. The van der Waals surface area contributed by atoms with Gasteiger partial charge in [-0.25, -0.2) is 0 Å². The molecular formula is C63H44N2S. The van der Waals surface area contributed by atoms with Crippen LogP contribution in [0.15, 0.2) is 231 Å². The van der Waals surface area contributed by atoms with Gasteiger partial charge < -0.3 is 9.47 Å². The van der Waals surface area contributed by atoms with Crippen LogP contribution >= 0.6 is 11.3 Å². The molecule has 1 aliphatic rings. The fourth-order valence-corrected chi connectivity index (χ4v) is 11.7. The van der Waals surface area contributed by atoms with Gasteiger partial charge >= 0.3 is 0 Å². The first-order chi connectivity index (χ1) is 32.5. The van der Waals surface area contributed by atoms with E-state index in [2.05, 4.69) is 254 Å². The number of aromatic nitrogens is 1. The van der Waals surface area contributed by atoms with Crippen LogP contribution in [0.4, 0.5) is 17.1 Å². The third-order valence-corrected chi connectivity index (χ3v) is 15.2. The molecule has 2 aromatic heterocycles. The van der Waals surface area contributed by atoms with Crippen molar-refractivity contribution in [3.63, 3.8) is 0 Å². The average Bonchev–Trinajstić information content (AvgIpc) is 3.99. The van der Waals surface area contributed by atoms with Gasteiger partial charge in [-0.15, -0.1) is 11.3 Å². The number of nitrogens with zero attached hydrogens (tertiary/aromatic N) is 2. The van der Waals surface area contributed by atoms with Gasteiger partial charge in [0.1, 0.15) is 0 Å². The fraction of sp³-hybridized carbons (Fsp3) is 0.0476. The summed E-state index contributed by atoms with van der Waals surface area (Å²) in [7, 11) is 0. The summed E-state index contributed by atoms with van der Waals surface area (Å²) in [5.41, 5.74) is 19.4. The molecule has 0 bridgehead atoms. The molecule has 2 nitrogen and oxygen atoms in total. The summed E-state index contributed by atoms with van der Waals surface area (Å²) in [6.45, 7) is 4.72. The monoisotopic (exact) mass is 860 g/mol. The normalized spacial score (nSPS) is 12.8. The number of anilines is 3. The quantitative estimate of drug-likeness (QED) is 0.155. The maximum absolute atomic E-state index is 2.42. The number of thiophene rings is 1. The minimum Gasteiger partial charge on any atom is -0.310 e. The van der Waals surface area contributed by atoms with E-state index in [-0.39, 0.29) is 5.41 Å². The third kappa shape index (κ3) is 6.15. The Balaban J connectivity index is 0.914. The number of hydrogen-bond acceptors (Lipinski definition) is 2. The van der Waals surface area contributed by atoms with Crippen molar-refractivity contribution in [1.82, 2.24) is 4.57 Å². The van der Waals surface area contributed by atoms with Crippen molar-refractivity contribution in [3.8, 4) is 50.2 Å². The largest absolute Gasteiger partial charge is 0.310 e. The molecule has 1 aliphatic carbocycles. The molecular weight excluding hydrogens is 817 g/mol. The van der Waals surface area contributed by atoms with Crippen LogP contribution in [0.25, 0.3) is 92.2 Å². The van der Waals surface area contributed by atoms with E-state index >= 15 is 0 Å². The van der Waals surface area contributed by atoms with Crippen LogP contribution in [0, 0.1) is 0 Å². The van der Waals surface area contributed by atoms with E-state index in [4.69, 9.17) is 0 Å². The molecule has 10 aromatic carbocycles. The van der Waals surface area contributed by atoms with Crippen LogP contribution in [-0.4, -0.2) is 4.57 Å². The molecule has 0 saturated carbocycles. The molecule has 2 heterocycles. The van der Waals surface area contributed by atoms with Gasteiger partial charge in [-0.3, -0.25) is 0 Å². The number of benzene rings is 10. The molecule has 0 unspecified atom stereocenters. The molecule has 13 rings (SSSR count). The van der Waals surface area contributed by atoms with Gasteiger partial charge in [0.25, 0.3) is 0 Å². The Morgan fingerprint density at radius 2 is 0.833 bits per heavy atom. The smallest absolute Gasteiger partial charge is 0.0541 e. The zero-order valence-electron chi connectivity index (χ0n) is 36.7. The lowest BCUT2D eigenvalue weighted by atomic mass is 9.82. The van der Waals surface area contributed by atoms with E-state index in [0.717, 1.165) is 22.7 Å². The van der Waals surface area contributed by atoms with Gasteiger partial charge in [0.15, 0.2) is 0 Å². The van der Waals surface area contributed by atoms with E-state index in [1.807, 2.05) is 11.3 Å². The van der Waals surface area contributed by atoms with Crippen LogP contribution in [0.5, 0.6) is 0 Å². The minimum absolute atomic E-state index is 0.115. The van der Waals surface area contributed by atoms with Gasteiger partial charge in [0.05, 0.1) is 11.0 Å². The molecule has 312 valence electrons. The van der Waals surface area contributed by atoms with Gasteiger partial charge in [0.2, 0.25) is 0 Å². The van der Waals surface area contributed by atoms with Crippen molar-refractivity contribution >= 4 is 70.4 Å². The molecule has 66 heavy (non-hydrogen) atoms. The SMILES string of the molecule is CC1(C)c2ccccc2-c2ccc(N(c3ccc(-c4ccc5sc6ccccc6c5c4)cc3)c3ccc(-c4ccc5c(c4)c4cc(-c6ccccc6)ccc4n5-c4ccccc4)cc3)cc21. The van der Waals surface area contributed by atoms with E-state index < -0.39 is 0 Å². The van der Waals surface area contributed by atoms with Gasteiger partial charge in [0, 0.05) is 59.1 Å². The fourth-order valence-electron chi connectivity index (χ4n) is 10.7. The molecule has 0 spiro atoms. The second kappa shape index (κ2) is 15.1.